The molecule has 1 saturated carbocycles. The van der Waals surface area contributed by atoms with Gasteiger partial charge in [-0.1, -0.05) is 0 Å². The molecule has 0 spiro atoms. The third-order valence-corrected chi connectivity index (χ3v) is 7.30. The predicted octanol–water partition coefficient (Wildman–Crippen LogP) is 3.07. The second-order valence-electron chi connectivity index (χ2n) is 9.49. The molecule has 0 radical (unpaired) electrons. The van der Waals surface area contributed by atoms with Crippen LogP contribution in [0.5, 0.6) is 0 Å². The van der Waals surface area contributed by atoms with E-state index in [0.717, 1.165) is 50.1 Å². The average molecular weight is 466 g/mol. The molecule has 2 aliphatic rings. The maximum absolute atomic E-state index is 14.1. The molecule has 4 heterocycles. The lowest BCUT2D eigenvalue weighted by atomic mass is 9.93. The number of aromatic nitrogens is 6. The molecule has 0 unspecified atom stereocenters. The summed E-state index contributed by atoms with van der Waals surface area (Å²) in [5.41, 5.74) is 2.41. The van der Waals surface area contributed by atoms with Crippen molar-refractivity contribution in [2.75, 3.05) is 18.0 Å². The molecule has 1 aromatic carbocycles. The lowest BCUT2D eigenvalue weighted by Gasteiger charge is -2.29. The second-order valence-corrected chi connectivity index (χ2v) is 9.49. The average Bonchev–Trinajstić information content (AvgIpc) is 3.38. The zero-order chi connectivity index (χ0) is 23.4. The number of hydrogen-bond acceptors (Lipinski definition) is 6. The zero-order valence-corrected chi connectivity index (χ0v) is 19.2. The number of piperidine rings is 1. The Labute approximate surface area is 195 Å². The SMILES string of the molecule is Cn1c(=O)n(C2CCC(O)CC2)c2nc(-n3cnc4ccc(F)cc43)nc(N3CCCCC3)c21. The molecule has 3 aromatic heterocycles. The number of rotatable bonds is 3. The summed E-state index contributed by atoms with van der Waals surface area (Å²) in [7, 11) is 1.78. The van der Waals surface area contributed by atoms with Crippen molar-refractivity contribution in [3.05, 3.63) is 40.8 Å². The van der Waals surface area contributed by atoms with Gasteiger partial charge < -0.3 is 10.0 Å². The lowest BCUT2D eigenvalue weighted by molar-refractivity contribution is 0.110. The molecule has 9 nitrogen and oxygen atoms in total. The molecule has 1 N–H and O–H groups in total. The van der Waals surface area contributed by atoms with Crippen LogP contribution in [0.3, 0.4) is 0 Å². The Kier molecular flexibility index (Phi) is 5.13. The minimum atomic E-state index is -0.357. The van der Waals surface area contributed by atoms with Crippen molar-refractivity contribution in [3.63, 3.8) is 0 Å². The van der Waals surface area contributed by atoms with Crippen LogP contribution in [0.2, 0.25) is 0 Å². The van der Waals surface area contributed by atoms with E-state index in [1.54, 1.807) is 33.1 Å². The van der Waals surface area contributed by atoms with E-state index in [1.165, 1.54) is 18.6 Å². The van der Waals surface area contributed by atoms with Crippen molar-refractivity contribution in [3.8, 4) is 5.95 Å². The van der Waals surface area contributed by atoms with Crippen LogP contribution in [-0.4, -0.2) is 53.0 Å². The van der Waals surface area contributed by atoms with Gasteiger partial charge in [0.1, 0.15) is 17.7 Å². The molecule has 4 aromatic rings. The van der Waals surface area contributed by atoms with Crippen LogP contribution in [0.25, 0.3) is 28.1 Å². The van der Waals surface area contributed by atoms with E-state index in [9.17, 15) is 14.3 Å². The van der Waals surface area contributed by atoms with Crippen molar-refractivity contribution in [2.24, 2.45) is 7.05 Å². The van der Waals surface area contributed by atoms with Crippen LogP contribution in [0.15, 0.2) is 29.3 Å². The Morgan fingerprint density at radius 3 is 2.59 bits per heavy atom. The molecular formula is C24H28FN7O2. The number of nitrogens with zero attached hydrogens (tertiary/aromatic N) is 7. The van der Waals surface area contributed by atoms with Gasteiger partial charge in [0.15, 0.2) is 11.5 Å². The van der Waals surface area contributed by atoms with Crippen LogP contribution in [-0.2, 0) is 7.05 Å². The summed E-state index contributed by atoms with van der Waals surface area (Å²) >= 11 is 0. The van der Waals surface area contributed by atoms with Crippen molar-refractivity contribution >= 4 is 28.0 Å². The van der Waals surface area contributed by atoms with E-state index in [-0.39, 0.29) is 23.7 Å². The van der Waals surface area contributed by atoms with Crippen LogP contribution < -0.4 is 10.6 Å². The minimum absolute atomic E-state index is 0.0338. The molecule has 0 atom stereocenters. The number of fused-ring (bicyclic) bond motifs is 2. The van der Waals surface area contributed by atoms with Crippen molar-refractivity contribution in [1.82, 2.24) is 28.7 Å². The number of aliphatic hydroxyl groups is 1. The summed E-state index contributed by atoms with van der Waals surface area (Å²) < 4.78 is 19.2. The highest BCUT2D eigenvalue weighted by Crippen LogP contribution is 2.33. The Morgan fingerprint density at radius 2 is 1.82 bits per heavy atom. The summed E-state index contributed by atoms with van der Waals surface area (Å²) in [6, 6.07) is 4.41. The molecule has 0 bridgehead atoms. The fraction of sp³-hybridized carbons (Fsp3) is 0.500. The normalized spacial score (nSPS) is 21.6. The lowest BCUT2D eigenvalue weighted by Crippen LogP contribution is -2.31. The third kappa shape index (κ3) is 3.39. The highest BCUT2D eigenvalue weighted by atomic mass is 19.1. The molecule has 1 aliphatic carbocycles. The van der Waals surface area contributed by atoms with E-state index >= 15 is 0 Å². The van der Waals surface area contributed by atoms with Gasteiger partial charge in [0.05, 0.1) is 17.1 Å². The van der Waals surface area contributed by atoms with Gasteiger partial charge in [0.2, 0.25) is 5.95 Å². The first kappa shape index (κ1) is 21.3. The molecule has 6 rings (SSSR count). The highest BCUT2D eigenvalue weighted by Gasteiger charge is 2.29. The smallest absolute Gasteiger partial charge is 0.330 e. The van der Waals surface area contributed by atoms with Crippen molar-refractivity contribution in [1.29, 1.82) is 0 Å². The standard InChI is InChI=1S/C24H28FN7O2/c1-29-20-21(30-11-3-2-4-12-30)27-23(31-14-26-18-10-5-15(25)13-19(18)31)28-22(20)32(24(29)34)16-6-8-17(33)9-7-16/h5,10,13-14,16-17,33H,2-4,6-9,11-12H2,1H3. The number of hydrogen-bond donors (Lipinski definition) is 1. The summed E-state index contributed by atoms with van der Waals surface area (Å²) in [6.07, 6.45) is 7.36. The van der Waals surface area contributed by atoms with Crippen LogP contribution in [0.4, 0.5) is 10.2 Å². The number of halogens is 1. The Balaban J connectivity index is 1.61. The van der Waals surface area contributed by atoms with E-state index in [2.05, 4.69) is 9.88 Å². The topological polar surface area (TPSA) is 94.0 Å². The highest BCUT2D eigenvalue weighted by molar-refractivity contribution is 5.86. The number of anilines is 1. The van der Waals surface area contributed by atoms with Crippen LogP contribution >= 0.6 is 0 Å². The predicted molar refractivity (Wildman–Crippen MR) is 127 cm³/mol. The van der Waals surface area contributed by atoms with Gasteiger partial charge in [0.25, 0.3) is 0 Å². The summed E-state index contributed by atoms with van der Waals surface area (Å²) in [4.78, 5) is 29.9. The molecule has 2 fully saturated rings. The van der Waals surface area contributed by atoms with Gasteiger partial charge in [-0.3, -0.25) is 13.7 Å². The molecular weight excluding hydrogens is 437 g/mol. The summed E-state index contributed by atoms with van der Waals surface area (Å²) in [6.45, 7) is 1.72. The zero-order valence-electron chi connectivity index (χ0n) is 19.2. The van der Waals surface area contributed by atoms with Gasteiger partial charge in [-0.2, -0.15) is 9.97 Å². The van der Waals surface area contributed by atoms with Gasteiger partial charge in [-0.25, -0.2) is 14.2 Å². The molecule has 0 amide bonds. The monoisotopic (exact) mass is 465 g/mol. The minimum Gasteiger partial charge on any atom is -0.393 e. The number of aryl methyl sites for hydroxylation is 1. The Bertz CT molecular complexity index is 1420. The Morgan fingerprint density at radius 1 is 1.06 bits per heavy atom. The second kappa shape index (κ2) is 8.19. The van der Waals surface area contributed by atoms with Gasteiger partial charge in [0, 0.05) is 32.2 Å². The third-order valence-electron chi connectivity index (χ3n) is 7.30. The first-order valence-corrected chi connectivity index (χ1v) is 12.1. The number of benzene rings is 1. The van der Waals surface area contributed by atoms with E-state index in [0.29, 0.717) is 35.5 Å². The van der Waals surface area contributed by atoms with Crippen molar-refractivity contribution < 1.29 is 9.50 Å². The largest absolute Gasteiger partial charge is 0.393 e. The fourth-order valence-electron chi connectivity index (χ4n) is 5.46. The van der Waals surface area contributed by atoms with E-state index in [4.69, 9.17) is 9.97 Å². The molecule has 34 heavy (non-hydrogen) atoms. The maximum Gasteiger partial charge on any atom is 0.330 e. The van der Waals surface area contributed by atoms with Gasteiger partial charge in [-0.15, -0.1) is 0 Å². The first-order valence-electron chi connectivity index (χ1n) is 12.1. The maximum atomic E-state index is 14.1. The number of aliphatic hydroxyl groups excluding tert-OH is 1. The number of imidazole rings is 2. The van der Waals surface area contributed by atoms with Crippen LogP contribution in [0, 0.1) is 5.82 Å². The van der Waals surface area contributed by atoms with E-state index in [1.807, 2.05) is 0 Å². The van der Waals surface area contributed by atoms with Gasteiger partial charge >= 0.3 is 5.69 Å². The first-order chi connectivity index (χ1) is 16.5. The quantitative estimate of drug-likeness (QED) is 0.500. The molecule has 178 valence electrons. The molecule has 10 heteroatoms. The van der Waals surface area contributed by atoms with Crippen LogP contribution in [0.1, 0.15) is 51.0 Å². The summed E-state index contributed by atoms with van der Waals surface area (Å²) in [5.74, 6) is 0.743. The van der Waals surface area contributed by atoms with Crippen molar-refractivity contribution in [2.45, 2.75) is 57.1 Å². The van der Waals surface area contributed by atoms with Gasteiger partial charge in [-0.05, 0) is 57.1 Å². The molecule has 1 saturated heterocycles. The Hall–Kier alpha value is -3.27. The fourth-order valence-corrected chi connectivity index (χ4v) is 5.46. The molecule has 1 aliphatic heterocycles. The van der Waals surface area contributed by atoms with E-state index < -0.39 is 0 Å². The summed E-state index contributed by atoms with van der Waals surface area (Å²) in [5, 5.41) is 10.0.